The maximum atomic E-state index is 11.8. The van der Waals surface area contributed by atoms with Crippen LogP contribution in [-0.2, 0) is 11.3 Å². The second-order valence-corrected chi connectivity index (χ2v) is 6.15. The topological polar surface area (TPSA) is 142 Å². The van der Waals surface area contributed by atoms with Crippen molar-refractivity contribution >= 4 is 22.8 Å². The van der Waals surface area contributed by atoms with Crippen molar-refractivity contribution in [3.8, 4) is 0 Å². The molecule has 0 bridgehead atoms. The molecule has 11 heteroatoms. The molecule has 1 aliphatic heterocycles. The number of nitrogens with one attached hydrogen (secondary N) is 2. The predicted molar refractivity (Wildman–Crippen MR) is 95.7 cm³/mol. The first-order valence-electron chi connectivity index (χ1n) is 8.46. The zero-order valence-electron chi connectivity index (χ0n) is 14.7. The van der Waals surface area contributed by atoms with Gasteiger partial charge in [0.15, 0.2) is 0 Å². The summed E-state index contributed by atoms with van der Waals surface area (Å²) in [5, 5.41) is 11.2. The van der Waals surface area contributed by atoms with Gasteiger partial charge in [0, 0.05) is 44.9 Å². The van der Waals surface area contributed by atoms with Crippen LogP contribution in [0.15, 0.2) is 21.7 Å². The molecule has 1 aliphatic rings. The van der Waals surface area contributed by atoms with Crippen molar-refractivity contribution in [1.82, 2.24) is 19.8 Å². The largest absolute Gasteiger partial charge is 0.450 e. The molecule has 0 radical (unpaired) electrons. The molecule has 2 N–H and O–H groups in total. The Morgan fingerprint density at radius 3 is 2.48 bits per heavy atom. The van der Waals surface area contributed by atoms with Crippen LogP contribution >= 0.6 is 0 Å². The van der Waals surface area contributed by atoms with E-state index in [4.69, 9.17) is 4.74 Å². The van der Waals surface area contributed by atoms with Crippen molar-refractivity contribution in [3.05, 3.63) is 48.5 Å². The molecule has 0 saturated carbocycles. The third-order valence-corrected chi connectivity index (χ3v) is 4.40. The Morgan fingerprint density at radius 1 is 1.19 bits per heavy atom. The molecule has 0 aliphatic carbocycles. The lowest BCUT2D eigenvalue weighted by Crippen LogP contribution is -2.48. The summed E-state index contributed by atoms with van der Waals surface area (Å²) >= 11 is 0. The third-order valence-electron chi connectivity index (χ3n) is 4.40. The first-order valence-corrected chi connectivity index (χ1v) is 8.46. The lowest BCUT2D eigenvalue weighted by Gasteiger charge is -2.34. The smallest absolute Gasteiger partial charge is 0.409 e. The molecule has 0 spiro atoms. The fraction of sp³-hybridized carbons (Fsp3) is 0.438. The van der Waals surface area contributed by atoms with Crippen LogP contribution in [0.3, 0.4) is 0 Å². The highest BCUT2D eigenvalue weighted by Crippen LogP contribution is 2.23. The van der Waals surface area contributed by atoms with Crippen LogP contribution in [0.4, 0.5) is 10.5 Å². The molecule has 27 heavy (non-hydrogen) atoms. The normalized spacial score (nSPS) is 15.1. The summed E-state index contributed by atoms with van der Waals surface area (Å²) in [6.45, 7) is 4.43. The summed E-state index contributed by atoms with van der Waals surface area (Å²) in [6, 6.07) is 2.60. The molecule has 1 amide bonds. The van der Waals surface area contributed by atoms with Gasteiger partial charge in [-0.1, -0.05) is 0 Å². The second-order valence-electron chi connectivity index (χ2n) is 6.15. The van der Waals surface area contributed by atoms with Gasteiger partial charge in [-0.2, -0.15) is 0 Å². The van der Waals surface area contributed by atoms with Gasteiger partial charge in [0.25, 0.3) is 5.69 Å². The summed E-state index contributed by atoms with van der Waals surface area (Å²) in [7, 11) is 0. The highest BCUT2D eigenvalue weighted by molar-refractivity contribution is 5.80. The van der Waals surface area contributed by atoms with E-state index in [2.05, 4.69) is 9.97 Å². The van der Waals surface area contributed by atoms with E-state index in [0.29, 0.717) is 50.4 Å². The molecule has 1 aromatic heterocycles. The Hall–Kier alpha value is -3.21. The molecule has 11 nitrogen and oxygen atoms in total. The summed E-state index contributed by atoms with van der Waals surface area (Å²) in [5.74, 6) is 0. The van der Waals surface area contributed by atoms with Gasteiger partial charge in [0.05, 0.1) is 22.6 Å². The first kappa shape index (κ1) is 18.6. The summed E-state index contributed by atoms with van der Waals surface area (Å²) < 4.78 is 4.98. The minimum atomic E-state index is -0.864. The lowest BCUT2D eigenvalue weighted by molar-refractivity contribution is -0.384. The second kappa shape index (κ2) is 7.58. The van der Waals surface area contributed by atoms with E-state index in [9.17, 15) is 24.5 Å². The number of nitrogens with zero attached hydrogens (tertiary/aromatic N) is 3. The maximum absolute atomic E-state index is 11.8. The molecule has 0 unspecified atom stereocenters. The van der Waals surface area contributed by atoms with Crippen molar-refractivity contribution in [2.75, 3.05) is 32.8 Å². The van der Waals surface area contributed by atoms with Crippen molar-refractivity contribution in [3.63, 3.8) is 0 Å². The molecule has 1 aromatic carbocycles. The van der Waals surface area contributed by atoms with Crippen molar-refractivity contribution in [1.29, 1.82) is 0 Å². The summed E-state index contributed by atoms with van der Waals surface area (Å²) in [6.07, 6.45) is -0.361. The van der Waals surface area contributed by atoms with Gasteiger partial charge in [-0.05, 0) is 12.5 Å². The summed E-state index contributed by atoms with van der Waals surface area (Å²) in [5.41, 5.74) is -0.767. The number of fused-ring (bicyclic) bond motifs is 1. The Bertz CT molecular complexity index is 989. The van der Waals surface area contributed by atoms with Crippen LogP contribution in [0.2, 0.25) is 0 Å². The van der Waals surface area contributed by atoms with E-state index in [1.54, 1.807) is 11.8 Å². The lowest BCUT2D eigenvalue weighted by atomic mass is 10.1. The number of aromatic amines is 2. The van der Waals surface area contributed by atoms with Crippen molar-refractivity contribution < 1.29 is 14.5 Å². The molecular formula is C16H19N5O6. The Labute approximate surface area is 152 Å². The molecule has 1 fully saturated rings. The van der Waals surface area contributed by atoms with E-state index in [1.807, 2.05) is 4.90 Å². The van der Waals surface area contributed by atoms with E-state index in [-0.39, 0.29) is 17.3 Å². The number of hydrogen-bond acceptors (Lipinski definition) is 7. The first-order chi connectivity index (χ1) is 12.9. The van der Waals surface area contributed by atoms with E-state index >= 15 is 0 Å². The van der Waals surface area contributed by atoms with Gasteiger partial charge in [0.1, 0.15) is 0 Å². The average molecular weight is 377 g/mol. The van der Waals surface area contributed by atoms with Crippen LogP contribution in [0.25, 0.3) is 11.0 Å². The number of ether oxygens (including phenoxy) is 1. The SMILES string of the molecule is CCOC(=O)N1CCN(Cc2cc([N+](=O)[O-])cc3[nH]c(=O)c(=O)[nH]c23)CC1. The van der Waals surface area contributed by atoms with Gasteiger partial charge in [0.2, 0.25) is 0 Å². The fourth-order valence-corrected chi connectivity index (χ4v) is 3.06. The average Bonchev–Trinajstić information content (AvgIpc) is 2.63. The minimum Gasteiger partial charge on any atom is -0.450 e. The van der Waals surface area contributed by atoms with Gasteiger partial charge in [-0.3, -0.25) is 24.6 Å². The number of carbonyl (C=O) groups excluding carboxylic acids is 1. The Balaban J connectivity index is 1.85. The minimum absolute atomic E-state index is 0.176. The number of nitro benzene ring substituents is 1. The van der Waals surface area contributed by atoms with E-state index < -0.39 is 16.0 Å². The maximum Gasteiger partial charge on any atom is 0.409 e. The summed E-state index contributed by atoms with van der Waals surface area (Å²) in [4.78, 5) is 54.1. The number of carbonyl (C=O) groups is 1. The molecule has 3 rings (SSSR count). The number of aromatic nitrogens is 2. The number of non-ortho nitro benzene ring substituents is 1. The molecule has 0 atom stereocenters. The quantitative estimate of drug-likeness (QED) is 0.446. The zero-order chi connectivity index (χ0) is 19.6. The van der Waals surface area contributed by atoms with Crippen LogP contribution < -0.4 is 11.1 Å². The standard InChI is InChI=1S/C16H19N5O6/c1-2-27-16(24)20-5-3-19(4-6-20)9-10-7-11(21(25)26)8-12-13(10)18-15(23)14(22)17-12/h7-8H,2-6,9H2,1H3,(H,17,22)(H,18,23). The molecular weight excluding hydrogens is 358 g/mol. The van der Waals surface area contributed by atoms with Gasteiger partial charge in [-0.15, -0.1) is 0 Å². The molecule has 2 aromatic rings. The Morgan fingerprint density at radius 2 is 1.85 bits per heavy atom. The predicted octanol–water partition coefficient (Wildman–Crippen LogP) is 0.399. The van der Waals surface area contributed by atoms with Gasteiger partial charge >= 0.3 is 17.2 Å². The molecule has 144 valence electrons. The number of rotatable bonds is 4. The molecule has 1 saturated heterocycles. The zero-order valence-corrected chi connectivity index (χ0v) is 14.7. The highest BCUT2D eigenvalue weighted by Gasteiger charge is 2.23. The van der Waals surface area contributed by atoms with Crippen molar-refractivity contribution in [2.24, 2.45) is 0 Å². The molecule has 2 heterocycles. The van der Waals surface area contributed by atoms with Gasteiger partial charge < -0.3 is 19.6 Å². The van der Waals surface area contributed by atoms with Crippen LogP contribution in [0.5, 0.6) is 0 Å². The number of hydrogen-bond donors (Lipinski definition) is 2. The number of amides is 1. The van der Waals surface area contributed by atoms with E-state index in [0.717, 1.165) is 0 Å². The number of nitro groups is 1. The van der Waals surface area contributed by atoms with Gasteiger partial charge in [-0.25, -0.2) is 4.79 Å². The van der Waals surface area contributed by atoms with Crippen LogP contribution in [-0.4, -0.2) is 63.6 Å². The number of benzene rings is 1. The number of H-pyrrole nitrogens is 2. The van der Waals surface area contributed by atoms with Crippen LogP contribution in [0.1, 0.15) is 12.5 Å². The monoisotopic (exact) mass is 377 g/mol. The third kappa shape index (κ3) is 3.97. The fourth-order valence-electron chi connectivity index (χ4n) is 3.06. The van der Waals surface area contributed by atoms with Crippen LogP contribution in [0, 0.1) is 10.1 Å². The Kier molecular flexibility index (Phi) is 5.21. The number of piperazine rings is 1. The van der Waals surface area contributed by atoms with Crippen molar-refractivity contribution in [2.45, 2.75) is 13.5 Å². The highest BCUT2D eigenvalue weighted by atomic mass is 16.6. The van der Waals surface area contributed by atoms with E-state index in [1.165, 1.54) is 12.1 Å².